The molecule has 14 heavy (non-hydrogen) atoms. The molecular formula is C11H22N2O. The maximum atomic E-state index is 5.39. The molecule has 0 aromatic carbocycles. The first-order valence-electron chi connectivity index (χ1n) is 5.43. The first-order chi connectivity index (χ1) is 6.74. The van der Waals surface area contributed by atoms with Crippen LogP contribution in [0.25, 0.3) is 0 Å². The molecule has 0 aromatic rings. The van der Waals surface area contributed by atoms with Gasteiger partial charge in [-0.2, -0.15) is 0 Å². The lowest BCUT2D eigenvalue weighted by Gasteiger charge is -2.33. The van der Waals surface area contributed by atoms with Crippen LogP contribution in [0.4, 0.5) is 0 Å². The standard InChI is InChI=1S/C11H22N2O/c1-4-12-7-10(2)8-13-5-6-14-9-11(13)3/h11-12H,2,4-9H2,1,3H3. The summed E-state index contributed by atoms with van der Waals surface area (Å²) in [6.45, 7) is 14.1. The molecule has 0 bridgehead atoms. The lowest BCUT2D eigenvalue weighted by atomic mass is 10.2. The van der Waals surface area contributed by atoms with E-state index < -0.39 is 0 Å². The summed E-state index contributed by atoms with van der Waals surface area (Å²) in [6.07, 6.45) is 0. The van der Waals surface area contributed by atoms with Crippen molar-refractivity contribution in [3.8, 4) is 0 Å². The molecule has 0 amide bonds. The van der Waals surface area contributed by atoms with Crippen LogP contribution in [-0.4, -0.2) is 50.3 Å². The van der Waals surface area contributed by atoms with E-state index in [1.54, 1.807) is 0 Å². The van der Waals surface area contributed by atoms with E-state index in [4.69, 9.17) is 4.74 Å². The second kappa shape index (κ2) is 6.17. The van der Waals surface area contributed by atoms with E-state index in [9.17, 15) is 0 Å². The van der Waals surface area contributed by atoms with Gasteiger partial charge in [0.05, 0.1) is 13.2 Å². The first-order valence-corrected chi connectivity index (χ1v) is 5.43. The Morgan fingerprint density at radius 2 is 2.43 bits per heavy atom. The first kappa shape index (κ1) is 11.7. The number of morpholine rings is 1. The zero-order valence-electron chi connectivity index (χ0n) is 9.38. The third-order valence-electron chi connectivity index (χ3n) is 2.56. The normalized spacial score (nSPS) is 23.7. The van der Waals surface area contributed by atoms with Gasteiger partial charge in [0.15, 0.2) is 0 Å². The van der Waals surface area contributed by atoms with E-state index in [0.29, 0.717) is 6.04 Å². The predicted octanol–water partition coefficient (Wildman–Crippen LogP) is 0.873. The molecule has 0 radical (unpaired) electrons. The average Bonchev–Trinajstić information content (AvgIpc) is 2.18. The Bertz CT molecular complexity index is 182. The van der Waals surface area contributed by atoms with Gasteiger partial charge in [-0.1, -0.05) is 13.5 Å². The topological polar surface area (TPSA) is 24.5 Å². The highest BCUT2D eigenvalue weighted by Gasteiger charge is 2.18. The lowest BCUT2D eigenvalue weighted by molar-refractivity contribution is 0.00421. The van der Waals surface area contributed by atoms with Crippen LogP contribution in [0.1, 0.15) is 13.8 Å². The number of nitrogens with one attached hydrogen (secondary N) is 1. The third-order valence-corrected chi connectivity index (χ3v) is 2.56. The van der Waals surface area contributed by atoms with Gasteiger partial charge in [-0.15, -0.1) is 0 Å². The molecule has 1 unspecified atom stereocenters. The molecule has 1 fully saturated rings. The second-order valence-electron chi connectivity index (χ2n) is 3.92. The minimum atomic E-state index is 0.530. The van der Waals surface area contributed by atoms with Gasteiger partial charge in [-0.3, -0.25) is 4.90 Å². The molecule has 1 N–H and O–H groups in total. The number of likely N-dealkylation sites (N-methyl/N-ethyl adjacent to an activating group) is 1. The number of rotatable bonds is 5. The molecule has 1 aliphatic rings. The van der Waals surface area contributed by atoms with Crippen molar-refractivity contribution in [2.45, 2.75) is 19.9 Å². The Morgan fingerprint density at radius 3 is 3.07 bits per heavy atom. The van der Waals surface area contributed by atoms with Crippen LogP contribution in [0, 0.1) is 0 Å². The highest BCUT2D eigenvalue weighted by molar-refractivity contribution is 5.00. The number of ether oxygens (including phenoxy) is 1. The number of nitrogens with zero attached hydrogens (tertiary/aromatic N) is 1. The van der Waals surface area contributed by atoms with Crippen molar-refractivity contribution in [1.29, 1.82) is 0 Å². The van der Waals surface area contributed by atoms with E-state index in [2.05, 4.69) is 30.6 Å². The fraction of sp³-hybridized carbons (Fsp3) is 0.818. The summed E-state index contributed by atoms with van der Waals surface area (Å²) in [7, 11) is 0. The largest absolute Gasteiger partial charge is 0.379 e. The van der Waals surface area contributed by atoms with Gasteiger partial charge in [-0.25, -0.2) is 0 Å². The van der Waals surface area contributed by atoms with Crippen molar-refractivity contribution in [1.82, 2.24) is 10.2 Å². The highest BCUT2D eigenvalue weighted by atomic mass is 16.5. The Morgan fingerprint density at radius 1 is 1.64 bits per heavy atom. The van der Waals surface area contributed by atoms with Crippen molar-refractivity contribution >= 4 is 0 Å². The fourth-order valence-electron chi connectivity index (χ4n) is 1.64. The van der Waals surface area contributed by atoms with E-state index >= 15 is 0 Å². The van der Waals surface area contributed by atoms with Gasteiger partial charge in [0.1, 0.15) is 0 Å². The van der Waals surface area contributed by atoms with E-state index in [1.165, 1.54) is 5.57 Å². The molecule has 0 aromatic heterocycles. The van der Waals surface area contributed by atoms with Crippen LogP contribution in [0.2, 0.25) is 0 Å². The van der Waals surface area contributed by atoms with Gasteiger partial charge in [0, 0.05) is 25.7 Å². The molecule has 3 nitrogen and oxygen atoms in total. The molecule has 0 spiro atoms. The van der Waals surface area contributed by atoms with Gasteiger partial charge >= 0.3 is 0 Å². The van der Waals surface area contributed by atoms with Crippen LogP contribution in [0.5, 0.6) is 0 Å². The molecule has 1 atom stereocenters. The number of hydrogen-bond acceptors (Lipinski definition) is 3. The minimum absolute atomic E-state index is 0.530. The fourth-order valence-corrected chi connectivity index (χ4v) is 1.64. The van der Waals surface area contributed by atoms with Crippen LogP contribution in [0.3, 0.4) is 0 Å². The quantitative estimate of drug-likeness (QED) is 0.664. The maximum absolute atomic E-state index is 5.39. The molecule has 0 saturated carbocycles. The van der Waals surface area contributed by atoms with Gasteiger partial charge in [0.2, 0.25) is 0 Å². The van der Waals surface area contributed by atoms with Crippen LogP contribution < -0.4 is 5.32 Å². The summed E-state index contributed by atoms with van der Waals surface area (Å²) in [5.74, 6) is 0. The van der Waals surface area contributed by atoms with Crippen LogP contribution in [0.15, 0.2) is 12.2 Å². The van der Waals surface area contributed by atoms with Gasteiger partial charge < -0.3 is 10.1 Å². The highest BCUT2D eigenvalue weighted by Crippen LogP contribution is 2.07. The summed E-state index contributed by atoms with van der Waals surface area (Å²) in [4.78, 5) is 2.43. The predicted molar refractivity (Wildman–Crippen MR) is 59.5 cm³/mol. The van der Waals surface area contributed by atoms with Crippen molar-refractivity contribution in [3.63, 3.8) is 0 Å². The average molecular weight is 198 g/mol. The number of hydrogen-bond donors (Lipinski definition) is 1. The maximum Gasteiger partial charge on any atom is 0.0619 e. The Kier molecular flexibility index (Phi) is 5.15. The molecule has 0 aliphatic carbocycles. The van der Waals surface area contributed by atoms with Crippen molar-refractivity contribution in [2.75, 3.05) is 39.4 Å². The molecule has 1 saturated heterocycles. The minimum Gasteiger partial charge on any atom is -0.379 e. The second-order valence-corrected chi connectivity index (χ2v) is 3.92. The summed E-state index contributed by atoms with van der Waals surface area (Å²) < 4.78 is 5.39. The third kappa shape index (κ3) is 3.78. The summed E-state index contributed by atoms with van der Waals surface area (Å²) in [5, 5.41) is 3.29. The SMILES string of the molecule is C=C(CNCC)CN1CCOCC1C. The van der Waals surface area contributed by atoms with Gasteiger partial charge in [0.25, 0.3) is 0 Å². The lowest BCUT2D eigenvalue weighted by Crippen LogP contribution is -2.45. The summed E-state index contributed by atoms with van der Waals surface area (Å²) in [5.41, 5.74) is 1.26. The Labute approximate surface area is 87.1 Å². The molecule has 82 valence electrons. The Balaban J connectivity index is 2.23. The summed E-state index contributed by atoms with van der Waals surface area (Å²) >= 11 is 0. The van der Waals surface area contributed by atoms with Crippen molar-refractivity contribution < 1.29 is 4.74 Å². The van der Waals surface area contributed by atoms with Crippen LogP contribution >= 0.6 is 0 Å². The zero-order valence-corrected chi connectivity index (χ0v) is 9.38. The smallest absolute Gasteiger partial charge is 0.0619 e. The zero-order chi connectivity index (χ0) is 10.4. The van der Waals surface area contributed by atoms with Crippen molar-refractivity contribution in [3.05, 3.63) is 12.2 Å². The van der Waals surface area contributed by atoms with E-state index in [0.717, 1.165) is 39.4 Å². The van der Waals surface area contributed by atoms with E-state index in [1.807, 2.05) is 0 Å². The van der Waals surface area contributed by atoms with E-state index in [-0.39, 0.29) is 0 Å². The molecular weight excluding hydrogens is 176 g/mol. The monoisotopic (exact) mass is 198 g/mol. The van der Waals surface area contributed by atoms with Crippen molar-refractivity contribution in [2.24, 2.45) is 0 Å². The molecule has 1 rings (SSSR count). The molecule has 1 heterocycles. The Hall–Kier alpha value is -0.380. The van der Waals surface area contributed by atoms with Gasteiger partial charge in [-0.05, 0) is 19.0 Å². The van der Waals surface area contributed by atoms with Crippen LogP contribution in [-0.2, 0) is 4.74 Å². The molecule has 1 aliphatic heterocycles. The molecule has 3 heteroatoms. The summed E-state index contributed by atoms with van der Waals surface area (Å²) in [6, 6.07) is 0.530.